The van der Waals surface area contributed by atoms with Crippen LogP contribution >= 0.6 is 22.9 Å². The number of nitrogens with zero attached hydrogens (tertiary/aromatic N) is 5. The van der Waals surface area contributed by atoms with Crippen LogP contribution in [0.3, 0.4) is 0 Å². The van der Waals surface area contributed by atoms with Gasteiger partial charge in [-0.05, 0) is 42.3 Å². The van der Waals surface area contributed by atoms with E-state index in [1.807, 2.05) is 0 Å². The van der Waals surface area contributed by atoms with Crippen LogP contribution in [0, 0.1) is 11.6 Å². The SMILES string of the molecule is Cn1nc(NS(C)(=O)=O)c2c(Cl)ccc(-n3c([C@@H](N)Cc4cc(F)cc(F)c4)nc4cccc(-c5nccs5)c4c3=O)c21. The number of halogens is 3. The Morgan fingerprint density at radius 2 is 1.86 bits per heavy atom. The highest BCUT2D eigenvalue weighted by Crippen LogP contribution is 2.36. The van der Waals surface area contributed by atoms with Gasteiger partial charge in [0.2, 0.25) is 10.0 Å². The number of anilines is 1. The molecule has 0 fully saturated rings. The number of rotatable bonds is 7. The quantitative estimate of drug-likeness (QED) is 0.252. The summed E-state index contributed by atoms with van der Waals surface area (Å²) >= 11 is 7.89. The fourth-order valence-corrected chi connectivity index (χ4v) is 6.53. The number of thiazole rings is 1. The summed E-state index contributed by atoms with van der Waals surface area (Å²) in [5, 5.41) is 7.41. The van der Waals surface area contributed by atoms with Crippen LogP contribution in [0.5, 0.6) is 0 Å². The molecule has 3 aromatic carbocycles. The molecule has 0 aliphatic rings. The van der Waals surface area contributed by atoms with Crippen molar-refractivity contribution >= 4 is 60.6 Å². The van der Waals surface area contributed by atoms with Crippen molar-refractivity contribution in [2.45, 2.75) is 12.5 Å². The Morgan fingerprint density at radius 3 is 2.53 bits per heavy atom. The third-order valence-corrected chi connectivity index (χ3v) is 8.42. The predicted octanol–water partition coefficient (Wildman–Crippen LogP) is 4.94. The van der Waals surface area contributed by atoms with Crippen molar-refractivity contribution in [1.29, 1.82) is 0 Å². The maximum absolute atomic E-state index is 14.6. The Morgan fingerprint density at radius 1 is 1.12 bits per heavy atom. The Balaban J connectivity index is 1.68. The molecule has 3 aromatic heterocycles. The summed E-state index contributed by atoms with van der Waals surface area (Å²) in [4.78, 5) is 23.7. The molecular formula is C28H22ClF2N7O3S2. The summed E-state index contributed by atoms with van der Waals surface area (Å²) in [6.45, 7) is 0. The lowest BCUT2D eigenvalue weighted by molar-refractivity contribution is 0.572. The Kier molecular flexibility index (Phi) is 7.24. The minimum absolute atomic E-state index is 0.0294. The second-order valence-corrected chi connectivity index (χ2v) is 12.9. The maximum atomic E-state index is 14.6. The van der Waals surface area contributed by atoms with Crippen molar-refractivity contribution in [1.82, 2.24) is 24.3 Å². The molecule has 0 aliphatic carbocycles. The molecule has 0 unspecified atom stereocenters. The van der Waals surface area contributed by atoms with Crippen molar-refractivity contribution in [3.8, 4) is 16.3 Å². The Hall–Kier alpha value is -4.24. The molecule has 15 heteroatoms. The van der Waals surface area contributed by atoms with Crippen LogP contribution in [0.25, 0.3) is 38.1 Å². The van der Waals surface area contributed by atoms with E-state index in [1.165, 1.54) is 26.7 Å². The smallest absolute Gasteiger partial charge is 0.266 e. The van der Waals surface area contributed by atoms with Gasteiger partial charge in [0.05, 0.1) is 44.8 Å². The molecule has 3 heterocycles. The van der Waals surface area contributed by atoms with Crippen molar-refractivity contribution in [2.75, 3.05) is 11.0 Å². The molecule has 3 N–H and O–H groups in total. The van der Waals surface area contributed by atoms with E-state index in [1.54, 1.807) is 42.9 Å². The predicted molar refractivity (Wildman–Crippen MR) is 163 cm³/mol. The summed E-state index contributed by atoms with van der Waals surface area (Å²) in [5.74, 6) is -1.46. The number of nitrogens with two attached hydrogens (primary N) is 1. The summed E-state index contributed by atoms with van der Waals surface area (Å²) in [6, 6.07) is 10.4. The van der Waals surface area contributed by atoms with Gasteiger partial charge in [0.15, 0.2) is 5.82 Å². The minimum Gasteiger partial charge on any atom is -0.321 e. The van der Waals surface area contributed by atoms with Crippen LogP contribution < -0.4 is 16.0 Å². The molecule has 6 rings (SSSR count). The van der Waals surface area contributed by atoms with Crippen LogP contribution in [-0.2, 0) is 23.5 Å². The first kappa shape index (κ1) is 28.9. The number of hydrogen-bond acceptors (Lipinski definition) is 8. The first-order valence-corrected chi connectivity index (χ1v) is 15.9. The van der Waals surface area contributed by atoms with Crippen LogP contribution in [-0.4, -0.2) is 39.0 Å². The highest BCUT2D eigenvalue weighted by molar-refractivity contribution is 7.92. The molecule has 0 spiro atoms. The summed E-state index contributed by atoms with van der Waals surface area (Å²) in [7, 11) is -2.16. The van der Waals surface area contributed by atoms with Gasteiger partial charge < -0.3 is 5.73 Å². The van der Waals surface area contributed by atoms with Crippen LogP contribution in [0.1, 0.15) is 17.4 Å². The standard InChI is InChI=1S/C28H22ClF2N7O3S2/c1-37-24-21(7-6-18(29)23(24)25(35-37)36-43(2,40)41)38-26(19(32)12-14-10-15(30)13-16(31)11-14)34-20-5-3-4-17(22(20)28(38)39)27-33-8-9-42-27/h3-11,13,19H,12,32H2,1-2H3,(H,35,36)/t19-/m0/s1. The van der Waals surface area contributed by atoms with Crippen molar-refractivity contribution < 1.29 is 17.2 Å². The van der Waals surface area contributed by atoms with Crippen molar-refractivity contribution in [3.63, 3.8) is 0 Å². The molecule has 0 saturated carbocycles. The van der Waals surface area contributed by atoms with Gasteiger partial charge in [-0.15, -0.1) is 11.3 Å². The molecule has 10 nitrogen and oxygen atoms in total. The van der Waals surface area contributed by atoms with Crippen LogP contribution in [0.4, 0.5) is 14.6 Å². The Bertz CT molecular complexity index is 2200. The van der Waals surface area contributed by atoms with Gasteiger partial charge in [0.1, 0.15) is 22.5 Å². The molecule has 220 valence electrons. The van der Waals surface area contributed by atoms with Crippen LogP contribution in [0.15, 0.2) is 64.9 Å². The third kappa shape index (κ3) is 5.38. The lowest BCUT2D eigenvalue weighted by Crippen LogP contribution is -2.30. The molecule has 43 heavy (non-hydrogen) atoms. The lowest BCUT2D eigenvalue weighted by Gasteiger charge is -2.20. The molecule has 0 amide bonds. The number of aryl methyl sites for hydroxylation is 1. The topological polar surface area (TPSA) is 138 Å². The zero-order valence-corrected chi connectivity index (χ0v) is 24.9. The number of aromatic nitrogens is 5. The number of fused-ring (bicyclic) bond motifs is 2. The van der Waals surface area contributed by atoms with Crippen molar-refractivity contribution in [2.24, 2.45) is 12.8 Å². The van der Waals surface area contributed by atoms with Gasteiger partial charge in [-0.2, -0.15) is 5.10 Å². The summed E-state index contributed by atoms with van der Waals surface area (Å²) in [6.07, 6.45) is 2.55. The van der Waals surface area contributed by atoms with Gasteiger partial charge in [-0.1, -0.05) is 23.7 Å². The van der Waals surface area contributed by atoms with E-state index in [4.69, 9.17) is 22.3 Å². The molecule has 6 aromatic rings. The zero-order chi connectivity index (χ0) is 30.6. The molecular weight excluding hydrogens is 620 g/mol. The van der Waals surface area contributed by atoms with Gasteiger partial charge in [-0.25, -0.2) is 27.2 Å². The molecule has 1 atom stereocenters. The lowest BCUT2D eigenvalue weighted by atomic mass is 10.0. The summed E-state index contributed by atoms with van der Waals surface area (Å²) < 4.78 is 57.3. The van der Waals surface area contributed by atoms with E-state index < -0.39 is 33.3 Å². The van der Waals surface area contributed by atoms with E-state index >= 15 is 0 Å². The average Bonchev–Trinajstić information content (AvgIpc) is 3.56. The van der Waals surface area contributed by atoms with E-state index in [2.05, 4.69) is 14.8 Å². The van der Waals surface area contributed by atoms with E-state index in [0.29, 0.717) is 21.6 Å². The minimum atomic E-state index is -3.73. The Labute approximate surface area is 252 Å². The second-order valence-electron chi connectivity index (χ2n) is 9.87. The largest absolute Gasteiger partial charge is 0.321 e. The molecule has 0 radical (unpaired) electrons. The fourth-order valence-electron chi connectivity index (χ4n) is 5.12. The van der Waals surface area contributed by atoms with Gasteiger partial charge >= 0.3 is 0 Å². The van der Waals surface area contributed by atoms with E-state index in [9.17, 15) is 22.0 Å². The molecule has 0 aliphatic heterocycles. The zero-order valence-electron chi connectivity index (χ0n) is 22.5. The van der Waals surface area contributed by atoms with Crippen LogP contribution in [0.2, 0.25) is 5.02 Å². The highest BCUT2D eigenvalue weighted by atomic mass is 35.5. The highest BCUT2D eigenvalue weighted by Gasteiger charge is 2.26. The number of sulfonamides is 1. The second kappa shape index (κ2) is 10.8. The number of hydrogen-bond donors (Lipinski definition) is 2. The molecule has 0 saturated heterocycles. The summed E-state index contributed by atoms with van der Waals surface area (Å²) in [5.41, 5.74) is 7.90. The third-order valence-electron chi connectivity index (χ3n) is 6.74. The first-order valence-electron chi connectivity index (χ1n) is 12.7. The fraction of sp³-hybridized carbons (Fsp3) is 0.143. The monoisotopic (exact) mass is 641 g/mol. The van der Waals surface area contributed by atoms with E-state index in [-0.39, 0.29) is 45.1 Å². The molecule has 0 bridgehead atoms. The normalized spacial score (nSPS) is 12.7. The average molecular weight is 642 g/mol. The van der Waals surface area contributed by atoms with Crippen molar-refractivity contribution in [3.05, 3.63) is 98.5 Å². The van der Waals surface area contributed by atoms with E-state index in [0.717, 1.165) is 24.5 Å². The first-order chi connectivity index (χ1) is 20.4. The maximum Gasteiger partial charge on any atom is 0.266 e. The number of benzene rings is 3. The number of nitrogens with one attached hydrogen (secondary N) is 1. The van der Waals surface area contributed by atoms with Gasteiger partial charge in [0.25, 0.3) is 5.56 Å². The van der Waals surface area contributed by atoms with Gasteiger partial charge in [-0.3, -0.25) is 18.8 Å². The van der Waals surface area contributed by atoms with Gasteiger partial charge in [0, 0.05) is 30.3 Å².